The lowest BCUT2D eigenvalue weighted by molar-refractivity contribution is 0.0813. The minimum absolute atomic E-state index is 0.259. The van der Waals surface area contributed by atoms with Gasteiger partial charge in [-0.2, -0.15) is 0 Å². The summed E-state index contributed by atoms with van der Waals surface area (Å²) in [5.74, 6) is 0.525. The quantitative estimate of drug-likeness (QED) is 0.679. The lowest BCUT2D eigenvalue weighted by Crippen LogP contribution is -2.44. The summed E-state index contributed by atoms with van der Waals surface area (Å²) in [6.45, 7) is 3.77. The minimum atomic E-state index is -0.259. The van der Waals surface area contributed by atoms with E-state index in [9.17, 15) is 0 Å². The number of hydrogen-bond donors (Lipinski definition) is 0. The molecule has 2 aromatic rings. The van der Waals surface area contributed by atoms with Gasteiger partial charge in [0.15, 0.2) is 0 Å². The number of halogens is 2. The number of benzene rings is 2. The third-order valence-corrected chi connectivity index (χ3v) is 5.11. The first-order chi connectivity index (χ1) is 11.7. The summed E-state index contributed by atoms with van der Waals surface area (Å²) in [6.07, 6.45) is 3.63. The molecular weight excluding hydrogens is 342 g/mol. The van der Waals surface area contributed by atoms with Gasteiger partial charge in [0, 0.05) is 19.1 Å². The van der Waals surface area contributed by atoms with Gasteiger partial charge < -0.3 is 9.31 Å². The third kappa shape index (κ3) is 4.34. The molecule has 1 heterocycles. The largest absolute Gasteiger partial charge is 0.493 e. The summed E-state index contributed by atoms with van der Waals surface area (Å²) in [5.41, 5.74) is 3.18. The smallest absolute Gasteiger partial charge is 0.407 e. The van der Waals surface area contributed by atoms with E-state index in [4.69, 9.17) is 32.5 Å². The summed E-state index contributed by atoms with van der Waals surface area (Å²) < 4.78 is 11.8. The normalized spacial score (nSPS) is 15.7. The topological polar surface area (TPSA) is 18.5 Å². The van der Waals surface area contributed by atoms with Gasteiger partial charge in [0.05, 0.1) is 10.0 Å². The zero-order valence-corrected chi connectivity index (χ0v) is 15.3. The Morgan fingerprint density at radius 2 is 1.62 bits per heavy atom. The molecule has 0 radical (unpaired) electrons. The number of rotatable bonds is 5. The lowest BCUT2D eigenvalue weighted by atomic mass is 9.76. The molecule has 0 atom stereocenters. The van der Waals surface area contributed by atoms with E-state index in [1.807, 2.05) is 18.2 Å². The first-order valence-corrected chi connectivity index (χ1v) is 9.21. The van der Waals surface area contributed by atoms with Gasteiger partial charge in [-0.05, 0) is 35.1 Å². The predicted octanol–water partition coefficient (Wildman–Crippen LogP) is 5.21. The summed E-state index contributed by atoms with van der Waals surface area (Å²) >= 11 is 12.1. The van der Waals surface area contributed by atoms with Gasteiger partial charge in [-0.3, -0.25) is 0 Å². The van der Waals surface area contributed by atoms with E-state index in [2.05, 4.69) is 31.2 Å². The highest BCUT2D eigenvalue weighted by molar-refractivity contribution is 6.61. The van der Waals surface area contributed by atoms with Crippen LogP contribution in [0.3, 0.4) is 0 Å². The zero-order valence-electron chi connectivity index (χ0n) is 13.8. The van der Waals surface area contributed by atoms with E-state index in [1.54, 1.807) is 0 Å². The van der Waals surface area contributed by atoms with E-state index >= 15 is 0 Å². The maximum absolute atomic E-state index is 6.09. The van der Waals surface area contributed by atoms with Crippen molar-refractivity contribution >= 4 is 35.8 Å². The van der Waals surface area contributed by atoms with Crippen LogP contribution in [-0.4, -0.2) is 20.3 Å². The highest BCUT2D eigenvalue weighted by atomic mass is 35.5. The molecule has 5 heteroatoms. The summed E-state index contributed by atoms with van der Waals surface area (Å²) in [5, 5.41) is 1.13. The van der Waals surface area contributed by atoms with E-state index in [0.717, 1.165) is 29.8 Å². The Morgan fingerprint density at radius 3 is 2.25 bits per heavy atom. The summed E-state index contributed by atoms with van der Waals surface area (Å²) in [6, 6.07) is 13.9. The molecule has 1 aliphatic rings. The second-order valence-electron chi connectivity index (χ2n) is 6.26. The molecule has 0 amide bonds. The van der Waals surface area contributed by atoms with Crippen LogP contribution in [0.2, 0.25) is 10.0 Å². The summed E-state index contributed by atoms with van der Waals surface area (Å²) in [4.78, 5) is 0. The number of hydrogen-bond acceptors (Lipinski definition) is 2. The van der Waals surface area contributed by atoms with Crippen molar-refractivity contribution in [1.29, 1.82) is 0 Å². The van der Waals surface area contributed by atoms with E-state index in [-0.39, 0.29) is 7.12 Å². The average Bonchev–Trinajstić information content (AvgIpc) is 2.63. The third-order valence-electron chi connectivity index (χ3n) is 4.37. The monoisotopic (exact) mass is 362 g/mol. The molecular formula is C19H21BCl2O2. The van der Waals surface area contributed by atoms with E-state index < -0.39 is 0 Å². The SMILES string of the molecule is CCCCC1COB(c2ccc(-c3ccc(Cl)c(Cl)c3)cc2)OC1. The van der Waals surface area contributed by atoms with Crippen molar-refractivity contribution in [2.45, 2.75) is 26.2 Å². The van der Waals surface area contributed by atoms with Crippen molar-refractivity contribution in [3.05, 3.63) is 52.5 Å². The second-order valence-corrected chi connectivity index (χ2v) is 7.07. The minimum Gasteiger partial charge on any atom is -0.407 e. The van der Waals surface area contributed by atoms with Gasteiger partial charge >= 0.3 is 7.12 Å². The Kier molecular flexibility index (Phi) is 6.23. The fourth-order valence-electron chi connectivity index (χ4n) is 2.90. The average molecular weight is 363 g/mol. The van der Waals surface area contributed by atoms with Crippen molar-refractivity contribution in [2.24, 2.45) is 5.92 Å². The molecule has 2 nitrogen and oxygen atoms in total. The lowest BCUT2D eigenvalue weighted by Gasteiger charge is -2.27. The molecule has 3 rings (SSSR count). The van der Waals surface area contributed by atoms with Gasteiger partial charge in [-0.25, -0.2) is 0 Å². The fourth-order valence-corrected chi connectivity index (χ4v) is 3.20. The molecule has 0 unspecified atom stereocenters. The Hall–Kier alpha value is -0.995. The van der Waals surface area contributed by atoms with Crippen molar-refractivity contribution in [3.8, 4) is 11.1 Å². The zero-order chi connectivity index (χ0) is 16.9. The molecule has 126 valence electrons. The highest BCUT2D eigenvalue weighted by Gasteiger charge is 2.28. The van der Waals surface area contributed by atoms with Crippen LogP contribution in [0.1, 0.15) is 26.2 Å². The molecule has 0 bridgehead atoms. The van der Waals surface area contributed by atoms with Crippen LogP contribution in [0.5, 0.6) is 0 Å². The van der Waals surface area contributed by atoms with Crippen LogP contribution >= 0.6 is 23.2 Å². The molecule has 1 fully saturated rings. The Morgan fingerprint density at radius 1 is 0.958 bits per heavy atom. The van der Waals surface area contributed by atoms with E-state index in [1.165, 1.54) is 19.3 Å². The Bertz CT molecular complexity index is 668. The van der Waals surface area contributed by atoms with Crippen molar-refractivity contribution in [2.75, 3.05) is 13.2 Å². The number of unbranched alkanes of at least 4 members (excludes halogenated alkanes) is 1. The molecule has 2 aromatic carbocycles. The molecule has 0 aliphatic carbocycles. The van der Waals surface area contributed by atoms with Crippen LogP contribution < -0.4 is 5.46 Å². The van der Waals surface area contributed by atoms with Gasteiger partial charge in [0.2, 0.25) is 0 Å². The molecule has 1 aliphatic heterocycles. The molecule has 1 saturated heterocycles. The highest BCUT2D eigenvalue weighted by Crippen LogP contribution is 2.28. The molecule has 0 aromatic heterocycles. The molecule has 0 saturated carbocycles. The maximum Gasteiger partial charge on any atom is 0.493 e. The van der Waals surface area contributed by atoms with Crippen LogP contribution in [-0.2, 0) is 9.31 Å². The van der Waals surface area contributed by atoms with Gasteiger partial charge in [0.1, 0.15) is 0 Å². The standard InChI is InChI=1S/C19H21BCl2O2/c1-2-3-4-14-12-23-20(24-13-14)17-8-5-15(6-9-17)16-7-10-18(21)19(22)11-16/h5-11,14H,2-4,12-13H2,1H3. The van der Waals surface area contributed by atoms with Crippen LogP contribution in [0.25, 0.3) is 11.1 Å². The van der Waals surface area contributed by atoms with Gasteiger partial charge in [-0.1, -0.05) is 73.3 Å². The van der Waals surface area contributed by atoms with Crippen LogP contribution in [0.15, 0.2) is 42.5 Å². The Labute approximate surface area is 154 Å². The predicted molar refractivity (Wildman–Crippen MR) is 102 cm³/mol. The maximum atomic E-state index is 6.09. The first kappa shape index (κ1) is 17.8. The van der Waals surface area contributed by atoms with Gasteiger partial charge in [-0.15, -0.1) is 0 Å². The van der Waals surface area contributed by atoms with Crippen molar-refractivity contribution < 1.29 is 9.31 Å². The van der Waals surface area contributed by atoms with E-state index in [0.29, 0.717) is 16.0 Å². The van der Waals surface area contributed by atoms with Crippen molar-refractivity contribution in [3.63, 3.8) is 0 Å². The van der Waals surface area contributed by atoms with Crippen LogP contribution in [0, 0.1) is 5.92 Å². The molecule has 0 spiro atoms. The van der Waals surface area contributed by atoms with Crippen LogP contribution in [0.4, 0.5) is 0 Å². The molecule has 24 heavy (non-hydrogen) atoms. The molecule has 0 N–H and O–H groups in total. The second kappa shape index (κ2) is 8.40. The van der Waals surface area contributed by atoms with Gasteiger partial charge in [0.25, 0.3) is 0 Å². The Balaban J connectivity index is 1.64. The first-order valence-electron chi connectivity index (χ1n) is 8.46. The summed E-state index contributed by atoms with van der Waals surface area (Å²) in [7, 11) is -0.259. The van der Waals surface area contributed by atoms with Crippen molar-refractivity contribution in [1.82, 2.24) is 0 Å². The fraction of sp³-hybridized carbons (Fsp3) is 0.368.